The zero-order valence-electron chi connectivity index (χ0n) is 8.46. The first-order chi connectivity index (χ1) is 6.60. The standard InChI is InChI=1S/C12H16ClN/c1-12(14,9-3-2-4-9)10-5-7-11(13)8-6-10/h5-9H,2-4,14H2,1H3. The van der Waals surface area contributed by atoms with Crippen LogP contribution in [0, 0.1) is 5.92 Å². The van der Waals surface area contributed by atoms with Crippen molar-refractivity contribution in [3.05, 3.63) is 34.9 Å². The molecule has 1 nitrogen and oxygen atoms in total. The largest absolute Gasteiger partial charge is 0.321 e. The summed E-state index contributed by atoms with van der Waals surface area (Å²) in [4.78, 5) is 0. The number of halogens is 1. The Labute approximate surface area is 90.3 Å². The Bertz CT molecular complexity index is 312. The zero-order chi connectivity index (χ0) is 10.2. The molecule has 0 spiro atoms. The van der Waals surface area contributed by atoms with E-state index >= 15 is 0 Å². The monoisotopic (exact) mass is 209 g/mol. The number of rotatable bonds is 2. The third kappa shape index (κ3) is 1.67. The van der Waals surface area contributed by atoms with Gasteiger partial charge in [-0.1, -0.05) is 30.2 Å². The van der Waals surface area contributed by atoms with Crippen LogP contribution in [0.4, 0.5) is 0 Å². The van der Waals surface area contributed by atoms with Crippen molar-refractivity contribution < 1.29 is 0 Å². The van der Waals surface area contributed by atoms with Crippen LogP contribution in [0.15, 0.2) is 24.3 Å². The Morgan fingerprint density at radius 3 is 2.29 bits per heavy atom. The molecule has 1 aromatic carbocycles. The predicted molar refractivity (Wildman–Crippen MR) is 60.3 cm³/mol. The van der Waals surface area contributed by atoms with Crippen LogP contribution in [-0.4, -0.2) is 0 Å². The first-order valence-corrected chi connectivity index (χ1v) is 5.53. The molecule has 0 bridgehead atoms. The Morgan fingerprint density at radius 2 is 1.86 bits per heavy atom. The summed E-state index contributed by atoms with van der Waals surface area (Å²) in [5.41, 5.74) is 7.37. The summed E-state index contributed by atoms with van der Waals surface area (Å²) in [5.74, 6) is 0.642. The van der Waals surface area contributed by atoms with Crippen molar-refractivity contribution in [1.29, 1.82) is 0 Å². The molecule has 0 amide bonds. The van der Waals surface area contributed by atoms with Crippen molar-refractivity contribution in [1.82, 2.24) is 0 Å². The van der Waals surface area contributed by atoms with Gasteiger partial charge in [0, 0.05) is 10.6 Å². The minimum Gasteiger partial charge on any atom is -0.321 e. The zero-order valence-corrected chi connectivity index (χ0v) is 9.22. The fourth-order valence-electron chi connectivity index (χ4n) is 2.05. The van der Waals surface area contributed by atoms with E-state index in [4.69, 9.17) is 17.3 Å². The van der Waals surface area contributed by atoms with Gasteiger partial charge in [0.15, 0.2) is 0 Å². The van der Waals surface area contributed by atoms with Crippen LogP contribution in [-0.2, 0) is 5.54 Å². The van der Waals surface area contributed by atoms with Crippen molar-refractivity contribution in [2.75, 3.05) is 0 Å². The van der Waals surface area contributed by atoms with Crippen molar-refractivity contribution in [3.63, 3.8) is 0 Å². The minimum atomic E-state index is -0.178. The summed E-state index contributed by atoms with van der Waals surface area (Å²) in [6, 6.07) is 7.92. The highest BCUT2D eigenvalue weighted by Gasteiger charge is 2.35. The maximum Gasteiger partial charge on any atom is 0.0409 e. The van der Waals surface area contributed by atoms with E-state index in [0.29, 0.717) is 5.92 Å². The van der Waals surface area contributed by atoms with Crippen molar-refractivity contribution in [3.8, 4) is 0 Å². The average molecular weight is 210 g/mol. The number of nitrogens with two attached hydrogens (primary N) is 1. The molecule has 1 aliphatic carbocycles. The van der Waals surface area contributed by atoms with Crippen LogP contribution < -0.4 is 5.73 Å². The van der Waals surface area contributed by atoms with Gasteiger partial charge >= 0.3 is 0 Å². The van der Waals surface area contributed by atoms with E-state index in [-0.39, 0.29) is 5.54 Å². The van der Waals surface area contributed by atoms with Crippen molar-refractivity contribution in [2.45, 2.75) is 31.7 Å². The maximum atomic E-state index is 6.35. The van der Waals surface area contributed by atoms with Crippen LogP contribution >= 0.6 is 11.6 Å². The van der Waals surface area contributed by atoms with Crippen LogP contribution in [0.5, 0.6) is 0 Å². The summed E-state index contributed by atoms with van der Waals surface area (Å²) in [6.45, 7) is 2.13. The van der Waals surface area contributed by atoms with Gasteiger partial charge in [-0.05, 0) is 43.4 Å². The molecule has 2 N–H and O–H groups in total. The molecule has 1 unspecified atom stereocenters. The van der Waals surface area contributed by atoms with E-state index in [9.17, 15) is 0 Å². The van der Waals surface area contributed by atoms with Crippen molar-refractivity contribution >= 4 is 11.6 Å². The third-order valence-corrected chi connectivity index (χ3v) is 3.67. The molecule has 0 aliphatic heterocycles. The molecule has 0 heterocycles. The summed E-state index contributed by atoms with van der Waals surface area (Å²) in [5, 5.41) is 0.776. The lowest BCUT2D eigenvalue weighted by atomic mass is 9.69. The van der Waals surface area contributed by atoms with Crippen molar-refractivity contribution in [2.24, 2.45) is 11.7 Å². The topological polar surface area (TPSA) is 26.0 Å². The average Bonchev–Trinajstić information content (AvgIpc) is 2.00. The summed E-state index contributed by atoms with van der Waals surface area (Å²) in [7, 11) is 0. The Kier molecular flexibility index (Phi) is 2.54. The molecule has 2 heteroatoms. The highest BCUT2D eigenvalue weighted by molar-refractivity contribution is 6.30. The number of hydrogen-bond acceptors (Lipinski definition) is 1. The molecule has 14 heavy (non-hydrogen) atoms. The lowest BCUT2D eigenvalue weighted by Crippen LogP contribution is -2.44. The minimum absolute atomic E-state index is 0.178. The molecule has 0 saturated heterocycles. The van der Waals surface area contributed by atoms with Gasteiger partial charge < -0.3 is 5.73 Å². The van der Waals surface area contributed by atoms with Gasteiger partial charge in [0.2, 0.25) is 0 Å². The second-order valence-electron chi connectivity index (χ2n) is 4.42. The van der Waals surface area contributed by atoms with E-state index in [0.717, 1.165) is 5.02 Å². The van der Waals surface area contributed by atoms with E-state index in [1.165, 1.54) is 24.8 Å². The van der Waals surface area contributed by atoms with Crippen LogP contribution in [0.2, 0.25) is 5.02 Å². The molecule has 1 saturated carbocycles. The quantitative estimate of drug-likeness (QED) is 0.795. The normalized spacial score (nSPS) is 21.4. The van der Waals surface area contributed by atoms with E-state index in [1.54, 1.807) is 0 Å². The van der Waals surface area contributed by atoms with E-state index < -0.39 is 0 Å². The molecule has 1 fully saturated rings. The van der Waals surface area contributed by atoms with Gasteiger partial charge in [-0.2, -0.15) is 0 Å². The molecule has 1 atom stereocenters. The van der Waals surface area contributed by atoms with Gasteiger partial charge in [0.05, 0.1) is 0 Å². The van der Waals surface area contributed by atoms with Gasteiger partial charge in [-0.25, -0.2) is 0 Å². The Hall–Kier alpha value is -0.530. The molecule has 0 aromatic heterocycles. The molecule has 2 rings (SSSR count). The predicted octanol–water partition coefficient (Wildman–Crippen LogP) is 3.31. The molecule has 76 valence electrons. The number of benzene rings is 1. The second-order valence-corrected chi connectivity index (χ2v) is 4.85. The lowest BCUT2D eigenvalue weighted by Gasteiger charge is -2.40. The van der Waals surface area contributed by atoms with E-state index in [1.807, 2.05) is 24.3 Å². The second kappa shape index (κ2) is 3.56. The summed E-state index contributed by atoms with van der Waals surface area (Å²) in [6.07, 6.45) is 3.84. The SMILES string of the molecule is CC(N)(c1ccc(Cl)cc1)C1CCC1. The highest BCUT2D eigenvalue weighted by Crippen LogP contribution is 2.40. The summed E-state index contributed by atoms with van der Waals surface area (Å²) >= 11 is 5.85. The molecular formula is C12H16ClN. The van der Waals surface area contributed by atoms with Crippen LogP contribution in [0.1, 0.15) is 31.7 Å². The number of hydrogen-bond donors (Lipinski definition) is 1. The Morgan fingerprint density at radius 1 is 1.29 bits per heavy atom. The first-order valence-electron chi connectivity index (χ1n) is 5.15. The molecule has 1 aromatic rings. The van der Waals surface area contributed by atoms with E-state index in [2.05, 4.69) is 6.92 Å². The van der Waals surface area contributed by atoms with Crippen LogP contribution in [0.25, 0.3) is 0 Å². The molecule has 0 radical (unpaired) electrons. The lowest BCUT2D eigenvalue weighted by molar-refractivity contribution is 0.183. The highest BCUT2D eigenvalue weighted by atomic mass is 35.5. The fourth-order valence-corrected chi connectivity index (χ4v) is 2.18. The Balaban J connectivity index is 2.23. The van der Waals surface area contributed by atoms with Gasteiger partial charge in [0.1, 0.15) is 0 Å². The van der Waals surface area contributed by atoms with Gasteiger partial charge in [-0.15, -0.1) is 0 Å². The van der Waals surface area contributed by atoms with Gasteiger partial charge in [0.25, 0.3) is 0 Å². The van der Waals surface area contributed by atoms with Crippen LogP contribution in [0.3, 0.4) is 0 Å². The third-order valence-electron chi connectivity index (χ3n) is 3.42. The summed E-state index contributed by atoms with van der Waals surface area (Å²) < 4.78 is 0. The van der Waals surface area contributed by atoms with Gasteiger partial charge in [-0.3, -0.25) is 0 Å². The maximum absolute atomic E-state index is 6.35. The smallest absolute Gasteiger partial charge is 0.0409 e. The fraction of sp³-hybridized carbons (Fsp3) is 0.500. The first kappa shape index (κ1) is 10.0. The molecule has 1 aliphatic rings. The molecular weight excluding hydrogens is 194 g/mol.